The first kappa shape index (κ1) is 21.9. The lowest BCUT2D eigenvalue weighted by molar-refractivity contribution is -0.140. The Morgan fingerprint density at radius 2 is 1.97 bits per heavy atom. The molecule has 164 valence electrons. The van der Waals surface area contributed by atoms with E-state index in [1.165, 1.54) is 11.2 Å². The number of carbonyl (C=O) groups excluding carboxylic acids is 2. The van der Waals surface area contributed by atoms with Gasteiger partial charge in [-0.05, 0) is 61.4 Å². The maximum Gasteiger partial charge on any atom is 0.296 e. The van der Waals surface area contributed by atoms with Crippen LogP contribution in [-0.4, -0.2) is 28.3 Å². The van der Waals surface area contributed by atoms with Crippen molar-refractivity contribution in [3.8, 4) is 5.75 Å². The number of aryl methyl sites for hydroxylation is 1. The van der Waals surface area contributed by atoms with Crippen molar-refractivity contribution in [2.75, 3.05) is 6.61 Å². The number of likely N-dealkylation sites (tertiary alicyclic amines) is 1. The monoisotopic (exact) mass is 495 g/mol. The van der Waals surface area contributed by atoms with Crippen LogP contribution < -0.4 is 4.74 Å². The molecule has 0 bridgehead atoms. The number of halogens is 1. The van der Waals surface area contributed by atoms with Crippen molar-refractivity contribution < 1.29 is 23.8 Å². The average Bonchev–Trinajstić information content (AvgIpc) is 3.38. The summed E-state index contributed by atoms with van der Waals surface area (Å²) >= 11 is 3.45. The molecule has 1 amide bonds. The lowest BCUT2D eigenvalue weighted by Gasteiger charge is -2.25. The van der Waals surface area contributed by atoms with Gasteiger partial charge in [-0.3, -0.25) is 9.59 Å². The van der Waals surface area contributed by atoms with Gasteiger partial charge in [0.2, 0.25) is 0 Å². The molecular formula is C25H22BrNO5. The summed E-state index contributed by atoms with van der Waals surface area (Å²) in [5, 5.41) is 11.2. The molecule has 1 unspecified atom stereocenters. The summed E-state index contributed by atoms with van der Waals surface area (Å²) in [5.41, 5.74) is 2.07. The minimum absolute atomic E-state index is 0.0388. The van der Waals surface area contributed by atoms with Crippen molar-refractivity contribution in [3.63, 3.8) is 0 Å². The molecular weight excluding hydrogens is 474 g/mol. The number of furan rings is 1. The van der Waals surface area contributed by atoms with Crippen LogP contribution in [0.25, 0.3) is 5.76 Å². The molecule has 32 heavy (non-hydrogen) atoms. The number of nitrogens with zero attached hydrogens (tertiary/aromatic N) is 1. The van der Waals surface area contributed by atoms with Gasteiger partial charge >= 0.3 is 0 Å². The maximum absolute atomic E-state index is 13.1. The third kappa shape index (κ3) is 4.08. The minimum atomic E-state index is -0.788. The Balaban J connectivity index is 1.88. The van der Waals surface area contributed by atoms with E-state index in [2.05, 4.69) is 15.9 Å². The number of hydrogen-bond acceptors (Lipinski definition) is 5. The van der Waals surface area contributed by atoms with Crippen LogP contribution in [0.1, 0.15) is 35.4 Å². The smallest absolute Gasteiger partial charge is 0.296 e. The topological polar surface area (TPSA) is 80.0 Å². The molecule has 7 heteroatoms. The van der Waals surface area contributed by atoms with Crippen molar-refractivity contribution in [1.29, 1.82) is 0 Å². The minimum Gasteiger partial charge on any atom is -0.507 e. The first-order valence-electron chi connectivity index (χ1n) is 10.2. The van der Waals surface area contributed by atoms with E-state index in [4.69, 9.17) is 9.15 Å². The molecule has 1 N–H and O–H groups in total. The Hall–Kier alpha value is -3.32. The predicted molar refractivity (Wildman–Crippen MR) is 123 cm³/mol. The fourth-order valence-electron chi connectivity index (χ4n) is 3.85. The van der Waals surface area contributed by atoms with Gasteiger partial charge in [-0.1, -0.05) is 34.1 Å². The fourth-order valence-corrected chi connectivity index (χ4v) is 4.10. The highest BCUT2D eigenvalue weighted by atomic mass is 79.9. The molecule has 1 aliphatic rings. The zero-order valence-electron chi connectivity index (χ0n) is 17.7. The van der Waals surface area contributed by atoms with Gasteiger partial charge < -0.3 is 19.2 Å². The van der Waals surface area contributed by atoms with Crippen molar-refractivity contribution in [3.05, 3.63) is 93.4 Å². The van der Waals surface area contributed by atoms with Crippen molar-refractivity contribution in [2.45, 2.75) is 26.4 Å². The molecule has 0 saturated carbocycles. The zero-order valence-corrected chi connectivity index (χ0v) is 19.3. The molecule has 1 atom stereocenters. The van der Waals surface area contributed by atoms with Gasteiger partial charge in [-0.25, -0.2) is 0 Å². The summed E-state index contributed by atoms with van der Waals surface area (Å²) in [6.45, 7) is 4.34. The van der Waals surface area contributed by atoms with E-state index in [1.54, 1.807) is 42.5 Å². The number of aliphatic hydroxyl groups excluding tert-OH is 1. The Morgan fingerprint density at radius 1 is 1.16 bits per heavy atom. The summed E-state index contributed by atoms with van der Waals surface area (Å²) < 4.78 is 11.9. The molecule has 0 aliphatic carbocycles. The number of Topliss-reactive ketones (excluding diaryl/α,β-unsaturated/α-hetero) is 1. The third-order valence-electron chi connectivity index (χ3n) is 5.36. The Kier molecular flexibility index (Phi) is 6.19. The summed E-state index contributed by atoms with van der Waals surface area (Å²) in [6.07, 6.45) is 1.52. The number of ether oxygens (including phenoxy) is 1. The number of benzene rings is 2. The van der Waals surface area contributed by atoms with E-state index in [-0.39, 0.29) is 17.9 Å². The van der Waals surface area contributed by atoms with Crippen LogP contribution in [0.3, 0.4) is 0 Å². The highest BCUT2D eigenvalue weighted by Gasteiger charge is 2.46. The number of rotatable bonds is 6. The summed E-state index contributed by atoms with van der Waals surface area (Å²) in [6, 6.07) is 15.2. The van der Waals surface area contributed by atoms with Crippen LogP contribution in [0.15, 0.2) is 75.3 Å². The largest absolute Gasteiger partial charge is 0.507 e. The summed E-state index contributed by atoms with van der Waals surface area (Å²) in [4.78, 5) is 27.6. The number of aliphatic hydroxyl groups is 1. The van der Waals surface area contributed by atoms with Crippen LogP contribution in [0.2, 0.25) is 0 Å². The van der Waals surface area contributed by atoms with E-state index in [1.807, 2.05) is 26.0 Å². The van der Waals surface area contributed by atoms with Crippen molar-refractivity contribution >= 4 is 33.4 Å². The Labute approximate surface area is 194 Å². The quantitative estimate of drug-likeness (QED) is 0.282. The van der Waals surface area contributed by atoms with Crippen molar-refractivity contribution in [1.82, 2.24) is 4.90 Å². The standard InChI is InChI=1S/C25H22BrNO5/c1-3-31-18-7-4-6-16(13-18)22-21(23(28)17-9-10-20(26)15(2)12-17)24(29)25(30)27(22)14-19-8-5-11-32-19/h4-13,22,28H,3,14H2,1-2H3/b23-21-. The van der Waals surface area contributed by atoms with Crippen LogP contribution in [0.5, 0.6) is 5.75 Å². The second-order valence-corrected chi connectivity index (χ2v) is 8.33. The molecule has 6 nitrogen and oxygen atoms in total. The SMILES string of the molecule is CCOc1cccc(C2/C(=C(/O)c3ccc(Br)c(C)c3)C(=O)C(=O)N2Cc2ccco2)c1. The van der Waals surface area contributed by atoms with Crippen LogP contribution in [0, 0.1) is 6.92 Å². The van der Waals surface area contributed by atoms with Gasteiger partial charge in [0.25, 0.3) is 11.7 Å². The maximum atomic E-state index is 13.1. The van der Waals surface area contributed by atoms with Crippen LogP contribution >= 0.6 is 15.9 Å². The Bertz CT molecular complexity index is 1200. The summed E-state index contributed by atoms with van der Waals surface area (Å²) in [5.74, 6) is -0.483. The molecule has 1 saturated heterocycles. The number of ketones is 1. The van der Waals surface area contributed by atoms with Gasteiger partial charge in [0.05, 0.1) is 31.0 Å². The normalized spacial score (nSPS) is 17.7. The molecule has 4 rings (SSSR count). The number of amides is 1. The fraction of sp³-hybridized carbons (Fsp3) is 0.200. The highest BCUT2D eigenvalue weighted by molar-refractivity contribution is 9.10. The van der Waals surface area contributed by atoms with Gasteiger partial charge in [0.15, 0.2) is 0 Å². The van der Waals surface area contributed by atoms with E-state index < -0.39 is 17.7 Å². The number of carbonyl (C=O) groups is 2. The van der Waals surface area contributed by atoms with E-state index in [0.29, 0.717) is 29.2 Å². The second kappa shape index (κ2) is 9.04. The van der Waals surface area contributed by atoms with Crippen LogP contribution in [-0.2, 0) is 16.1 Å². The molecule has 2 aromatic carbocycles. The second-order valence-electron chi connectivity index (χ2n) is 7.48. The molecule has 1 fully saturated rings. The first-order chi connectivity index (χ1) is 15.4. The van der Waals surface area contributed by atoms with Crippen LogP contribution in [0.4, 0.5) is 0 Å². The molecule has 3 aromatic rings. The molecule has 2 heterocycles. The van der Waals surface area contributed by atoms with Gasteiger partial charge in [-0.15, -0.1) is 0 Å². The number of hydrogen-bond donors (Lipinski definition) is 1. The summed E-state index contributed by atoms with van der Waals surface area (Å²) in [7, 11) is 0. The van der Waals surface area contributed by atoms with Crippen molar-refractivity contribution in [2.24, 2.45) is 0 Å². The van der Waals surface area contributed by atoms with E-state index in [9.17, 15) is 14.7 Å². The van der Waals surface area contributed by atoms with E-state index >= 15 is 0 Å². The average molecular weight is 496 g/mol. The molecule has 1 aliphatic heterocycles. The zero-order chi connectivity index (χ0) is 22.8. The van der Waals surface area contributed by atoms with Gasteiger partial charge in [0.1, 0.15) is 17.3 Å². The molecule has 1 aromatic heterocycles. The molecule has 0 radical (unpaired) electrons. The van der Waals surface area contributed by atoms with Gasteiger partial charge in [0, 0.05) is 10.0 Å². The highest BCUT2D eigenvalue weighted by Crippen LogP contribution is 2.41. The predicted octanol–water partition coefficient (Wildman–Crippen LogP) is 5.37. The van der Waals surface area contributed by atoms with E-state index in [0.717, 1.165) is 10.0 Å². The lowest BCUT2D eigenvalue weighted by Crippen LogP contribution is -2.29. The third-order valence-corrected chi connectivity index (χ3v) is 6.25. The Morgan fingerprint density at radius 3 is 2.66 bits per heavy atom. The van der Waals surface area contributed by atoms with Gasteiger partial charge in [-0.2, -0.15) is 0 Å². The molecule has 0 spiro atoms. The lowest BCUT2D eigenvalue weighted by atomic mass is 9.94. The first-order valence-corrected chi connectivity index (χ1v) is 11.0.